The van der Waals surface area contributed by atoms with Crippen LogP contribution >= 0.6 is 0 Å². The monoisotopic (exact) mass is 450 g/mol. The van der Waals surface area contributed by atoms with Crippen molar-refractivity contribution in [3.05, 3.63) is 95.5 Å². The summed E-state index contributed by atoms with van der Waals surface area (Å²) >= 11 is 0. The van der Waals surface area contributed by atoms with E-state index in [4.69, 9.17) is 21.0 Å². The second-order valence-corrected chi connectivity index (χ2v) is 5.20. The molecule has 0 unspecified atom stereocenters. The summed E-state index contributed by atoms with van der Waals surface area (Å²) in [6.07, 6.45) is 5.11. The van der Waals surface area contributed by atoms with Gasteiger partial charge in [-0.15, -0.1) is 0 Å². The van der Waals surface area contributed by atoms with E-state index in [1.807, 2.05) is 24.3 Å². The SMILES string of the molecule is N#C/C(=N\O)c1ccccn1.N#C/C(=N\[O-])c1ccccn1.N#CCc1ccccn1.[K+]. The Hall–Kier alpha value is -3.50. The Bertz CT molecular complexity index is 1040. The number of oxime groups is 1. The molecule has 0 spiro atoms. The molecule has 11 heteroatoms. The number of rotatable bonds is 3. The fourth-order valence-electron chi connectivity index (χ4n) is 1.84. The molecule has 3 heterocycles. The Morgan fingerprint density at radius 2 is 1.31 bits per heavy atom. The summed E-state index contributed by atoms with van der Waals surface area (Å²) in [7, 11) is 0. The molecule has 152 valence electrons. The molecule has 0 bridgehead atoms. The topological polar surface area (TPSA) is 178 Å². The van der Waals surface area contributed by atoms with Gasteiger partial charge < -0.3 is 15.6 Å². The van der Waals surface area contributed by atoms with E-state index in [0.717, 1.165) is 5.69 Å². The average Bonchev–Trinajstić information content (AvgIpc) is 2.84. The van der Waals surface area contributed by atoms with E-state index in [2.05, 4.69) is 25.3 Å². The van der Waals surface area contributed by atoms with Gasteiger partial charge in [0.2, 0.25) is 5.71 Å². The van der Waals surface area contributed by atoms with E-state index in [1.54, 1.807) is 54.7 Å². The van der Waals surface area contributed by atoms with Gasteiger partial charge in [-0.1, -0.05) is 23.4 Å². The molecule has 0 atom stereocenters. The Balaban J connectivity index is 0.000000446. The van der Waals surface area contributed by atoms with E-state index in [1.165, 1.54) is 12.4 Å². The van der Waals surface area contributed by atoms with E-state index < -0.39 is 0 Å². The Morgan fingerprint density at radius 3 is 1.66 bits per heavy atom. The third-order valence-corrected chi connectivity index (χ3v) is 3.20. The third-order valence-electron chi connectivity index (χ3n) is 3.20. The largest absolute Gasteiger partial charge is 1.00 e. The van der Waals surface area contributed by atoms with Crippen LogP contribution in [-0.4, -0.2) is 31.6 Å². The Labute approximate surface area is 227 Å². The van der Waals surface area contributed by atoms with E-state index in [0.29, 0.717) is 17.8 Å². The predicted octanol–water partition coefficient (Wildman–Crippen LogP) is -0.173. The van der Waals surface area contributed by atoms with Crippen LogP contribution in [0.4, 0.5) is 0 Å². The molecule has 0 aliphatic heterocycles. The summed E-state index contributed by atoms with van der Waals surface area (Å²) in [6.45, 7) is 0. The Kier molecular flexibility index (Phi) is 16.3. The van der Waals surface area contributed by atoms with Gasteiger partial charge in [-0.25, -0.2) is 0 Å². The number of pyridine rings is 3. The van der Waals surface area contributed by atoms with Gasteiger partial charge in [-0.05, 0) is 36.4 Å². The minimum Gasteiger partial charge on any atom is -0.791 e. The van der Waals surface area contributed by atoms with Crippen LogP contribution in [0.5, 0.6) is 0 Å². The number of aromatic nitrogens is 3. The third kappa shape index (κ3) is 11.0. The zero-order valence-electron chi connectivity index (χ0n) is 17.1. The summed E-state index contributed by atoms with van der Waals surface area (Å²) in [5, 5.41) is 48.6. The van der Waals surface area contributed by atoms with Crippen molar-refractivity contribution < 1.29 is 56.6 Å². The van der Waals surface area contributed by atoms with Crippen molar-refractivity contribution in [2.45, 2.75) is 6.42 Å². The average molecular weight is 451 g/mol. The minimum absolute atomic E-state index is 0. The number of hydrogen-bond acceptors (Lipinski definition) is 10. The number of hydrogen-bond donors (Lipinski definition) is 1. The molecule has 32 heavy (non-hydrogen) atoms. The molecule has 0 aliphatic carbocycles. The van der Waals surface area contributed by atoms with Crippen molar-refractivity contribution in [2.75, 3.05) is 0 Å². The van der Waals surface area contributed by atoms with Crippen molar-refractivity contribution in [1.82, 2.24) is 15.0 Å². The second-order valence-electron chi connectivity index (χ2n) is 5.20. The number of nitrogens with zero attached hydrogens (tertiary/aromatic N) is 8. The van der Waals surface area contributed by atoms with Crippen molar-refractivity contribution in [2.24, 2.45) is 10.3 Å². The molecule has 3 aromatic rings. The van der Waals surface area contributed by atoms with Crippen LogP contribution in [0.15, 0.2) is 83.5 Å². The minimum atomic E-state index is -0.189. The summed E-state index contributed by atoms with van der Waals surface area (Å²) in [4.78, 5) is 11.5. The fraction of sp³-hybridized carbons (Fsp3) is 0.0476. The molecule has 0 fully saturated rings. The number of nitriles is 3. The van der Waals surface area contributed by atoms with E-state index in [9.17, 15) is 5.21 Å². The molecule has 3 rings (SSSR count). The van der Waals surface area contributed by atoms with Crippen molar-refractivity contribution in [3.8, 4) is 18.2 Å². The summed E-state index contributed by atoms with van der Waals surface area (Å²) in [6, 6.07) is 20.9. The molecule has 0 amide bonds. The van der Waals surface area contributed by atoms with E-state index >= 15 is 0 Å². The standard InChI is InChI=1S/2C7H5N3O.C7H6N2.K/c2*8-5-7(10-11)6-3-1-2-4-9-6;8-5-4-7-3-1-2-6-9-7;/h2*1-4,11H;1-3,6H,4H2;/q;;;+1/p-1/b2*10-7+;;. The molecule has 10 nitrogen and oxygen atoms in total. The maximum Gasteiger partial charge on any atom is 1.00 e. The Morgan fingerprint density at radius 1 is 0.812 bits per heavy atom. The summed E-state index contributed by atoms with van der Waals surface area (Å²) in [5.41, 5.74) is 1.25. The van der Waals surface area contributed by atoms with Gasteiger partial charge in [-0.2, -0.15) is 15.8 Å². The van der Waals surface area contributed by atoms with Crippen LogP contribution < -0.4 is 51.4 Å². The molecule has 3 aromatic heterocycles. The zero-order valence-corrected chi connectivity index (χ0v) is 20.2. The van der Waals surface area contributed by atoms with Gasteiger partial charge in [0.25, 0.3) is 0 Å². The first kappa shape index (κ1) is 28.5. The first-order valence-corrected chi connectivity index (χ1v) is 8.52. The predicted molar refractivity (Wildman–Crippen MR) is 111 cm³/mol. The zero-order chi connectivity index (χ0) is 22.7. The molecule has 0 saturated heterocycles. The van der Waals surface area contributed by atoms with Crippen molar-refractivity contribution in [1.29, 1.82) is 15.8 Å². The summed E-state index contributed by atoms with van der Waals surface area (Å²) in [5.74, 6) is 0. The molecule has 1 N–H and O–H groups in total. The van der Waals surface area contributed by atoms with Gasteiger partial charge in [-0.3, -0.25) is 15.0 Å². The molecule has 0 saturated carbocycles. The second kappa shape index (κ2) is 18.3. The van der Waals surface area contributed by atoms with Crippen molar-refractivity contribution >= 4 is 11.4 Å². The molecular weight excluding hydrogens is 435 g/mol. The van der Waals surface area contributed by atoms with Crippen LogP contribution in [0.25, 0.3) is 0 Å². The van der Waals surface area contributed by atoms with Crippen LogP contribution in [0.2, 0.25) is 0 Å². The summed E-state index contributed by atoms with van der Waals surface area (Å²) < 4.78 is 0. The smallest absolute Gasteiger partial charge is 0.791 e. The van der Waals surface area contributed by atoms with Gasteiger partial charge >= 0.3 is 51.4 Å². The van der Waals surface area contributed by atoms with Crippen LogP contribution in [-0.2, 0) is 6.42 Å². The first-order chi connectivity index (χ1) is 15.2. The molecule has 0 aliphatic rings. The van der Waals surface area contributed by atoms with Crippen molar-refractivity contribution in [3.63, 3.8) is 0 Å². The van der Waals surface area contributed by atoms with E-state index in [-0.39, 0.29) is 62.8 Å². The normalized spacial score (nSPS) is 9.66. The first-order valence-electron chi connectivity index (χ1n) is 8.52. The molecule has 0 radical (unpaired) electrons. The van der Waals surface area contributed by atoms with Gasteiger partial charge in [0.05, 0.1) is 23.9 Å². The quantitative estimate of drug-likeness (QED) is 0.247. The fourth-order valence-corrected chi connectivity index (χ4v) is 1.84. The van der Waals surface area contributed by atoms with Gasteiger partial charge in [0.1, 0.15) is 17.8 Å². The van der Waals surface area contributed by atoms with Crippen LogP contribution in [0.1, 0.15) is 17.1 Å². The maximum atomic E-state index is 9.99. The van der Waals surface area contributed by atoms with Crippen LogP contribution in [0.3, 0.4) is 0 Å². The van der Waals surface area contributed by atoms with Crippen LogP contribution in [0, 0.1) is 39.2 Å². The van der Waals surface area contributed by atoms with Gasteiger partial charge in [0.15, 0.2) is 5.71 Å². The van der Waals surface area contributed by atoms with Gasteiger partial charge in [0, 0.05) is 18.6 Å². The molecule has 0 aromatic carbocycles. The maximum absolute atomic E-state index is 9.99. The molecular formula is C21H15KN8O2.